The van der Waals surface area contributed by atoms with E-state index >= 15 is 0 Å². The van der Waals surface area contributed by atoms with E-state index in [0.29, 0.717) is 10.6 Å². The number of rotatable bonds is 1. The third kappa shape index (κ3) is 1.56. The van der Waals surface area contributed by atoms with Gasteiger partial charge < -0.3 is 5.32 Å². The molecule has 0 aliphatic carbocycles. The maximum Gasteiger partial charge on any atom is 0.322 e. The van der Waals surface area contributed by atoms with Crippen molar-refractivity contribution in [2.24, 2.45) is 0 Å². The van der Waals surface area contributed by atoms with Crippen molar-refractivity contribution in [1.29, 1.82) is 0 Å². The van der Waals surface area contributed by atoms with Gasteiger partial charge in [0.15, 0.2) is 0 Å². The average Bonchev–Trinajstić information content (AvgIpc) is 2.45. The molecule has 0 radical (unpaired) electrons. The number of halogens is 1. The molecule has 2 rings (SSSR count). The van der Waals surface area contributed by atoms with Gasteiger partial charge in [0, 0.05) is 5.02 Å². The summed E-state index contributed by atoms with van der Waals surface area (Å²) in [5, 5.41) is 5.18. The van der Waals surface area contributed by atoms with E-state index in [1.165, 1.54) is 0 Å². The molecule has 0 aromatic heterocycles. The summed E-state index contributed by atoms with van der Waals surface area (Å²) < 4.78 is 0. The van der Waals surface area contributed by atoms with Crippen LogP contribution >= 0.6 is 11.6 Å². The van der Waals surface area contributed by atoms with E-state index in [-0.39, 0.29) is 5.91 Å². The van der Waals surface area contributed by atoms with Crippen LogP contribution in [0.1, 0.15) is 11.6 Å². The minimum absolute atomic E-state index is 0.350. The van der Waals surface area contributed by atoms with E-state index in [2.05, 4.69) is 10.6 Å². The number of imide groups is 1. The Balaban J connectivity index is 2.31. The van der Waals surface area contributed by atoms with Crippen molar-refractivity contribution in [3.63, 3.8) is 0 Å². The van der Waals surface area contributed by atoms with Crippen LogP contribution in [-0.2, 0) is 4.79 Å². The molecule has 0 bridgehead atoms. The minimum atomic E-state index is -0.624. The van der Waals surface area contributed by atoms with Crippen LogP contribution in [0.15, 0.2) is 24.3 Å². The van der Waals surface area contributed by atoms with Crippen LogP contribution in [0, 0.1) is 0 Å². The molecule has 3 amide bonds. The number of carbonyl (C=O) groups excluding carboxylic acids is 2. The first-order valence-electron chi connectivity index (χ1n) is 4.03. The Morgan fingerprint density at radius 2 is 2.07 bits per heavy atom. The summed E-state index contributed by atoms with van der Waals surface area (Å²) in [6.07, 6.45) is 0. The van der Waals surface area contributed by atoms with Crippen LogP contribution < -0.4 is 10.6 Å². The van der Waals surface area contributed by atoms with Crippen molar-refractivity contribution in [2.45, 2.75) is 6.04 Å². The van der Waals surface area contributed by atoms with Crippen LogP contribution in [0.5, 0.6) is 0 Å². The van der Waals surface area contributed by atoms with Gasteiger partial charge in [-0.15, -0.1) is 0 Å². The van der Waals surface area contributed by atoms with Crippen LogP contribution in [0.4, 0.5) is 4.79 Å². The molecule has 1 aromatic carbocycles. The SMILES string of the molecule is O=C1NC(=O)[C@@H](c2cccc(Cl)c2)N1. The van der Waals surface area contributed by atoms with E-state index in [1.54, 1.807) is 24.3 Å². The smallest absolute Gasteiger partial charge is 0.322 e. The Morgan fingerprint density at radius 3 is 2.64 bits per heavy atom. The van der Waals surface area contributed by atoms with Crippen LogP contribution in [0.25, 0.3) is 0 Å². The minimum Gasteiger partial charge on any atom is -0.322 e. The van der Waals surface area contributed by atoms with E-state index in [9.17, 15) is 9.59 Å². The molecule has 0 saturated carbocycles. The number of hydrogen-bond acceptors (Lipinski definition) is 2. The maximum atomic E-state index is 11.3. The summed E-state index contributed by atoms with van der Waals surface area (Å²) in [5.41, 5.74) is 0.681. The molecule has 0 spiro atoms. The predicted molar refractivity (Wildman–Crippen MR) is 50.9 cm³/mol. The van der Waals surface area contributed by atoms with Gasteiger partial charge in [-0.3, -0.25) is 10.1 Å². The Bertz CT molecular complexity index is 406. The average molecular weight is 211 g/mol. The molecular weight excluding hydrogens is 204 g/mol. The number of hydrogen-bond donors (Lipinski definition) is 2. The molecule has 14 heavy (non-hydrogen) atoms. The van der Waals surface area contributed by atoms with Gasteiger partial charge in [0.1, 0.15) is 6.04 Å². The largest absolute Gasteiger partial charge is 0.322 e. The van der Waals surface area contributed by atoms with Gasteiger partial charge in [-0.1, -0.05) is 23.7 Å². The summed E-state index contributed by atoms with van der Waals surface area (Å²) in [7, 11) is 0. The van der Waals surface area contributed by atoms with Gasteiger partial charge in [0.2, 0.25) is 0 Å². The van der Waals surface area contributed by atoms with E-state index in [1.807, 2.05) is 0 Å². The Morgan fingerprint density at radius 1 is 1.29 bits per heavy atom. The fourth-order valence-electron chi connectivity index (χ4n) is 1.34. The zero-order chi connectivity index (χ0) is 10.1. The summed E-state index contributed by atoms with van der Waals surface area (Å²) >= 11 is 5.76. The van der Waals surface area contributed by atoms with Gasteiger partial charge in [-0.05, 0) is 17.7 Å². The van der Waals surface area contributed by atoms with E-state index < -0.39 is 12.1 Å². The first-order chi connectivity index (χ1) is 6.66. The standard InChI is InChI=1S/C9H7ClN2O2/c10-6-3-1-2-5(4-6)7-8(13)12-9(14)11-7/h1-4,7H,(H2,11,12,13,14)/t7-/m1/s1. The van der Waals surface area contributed by atoms with E-state index in [4.69, 9.17) is 11.6 Å². The Hall–Kier alpha value is -1.55. The molecule has 1 atom stereocenters. The zero-order valence-corrected chi connectivity index (χ0v) is 7.84. The summed E-state index contributed by atoms with van der Waals surface area (Å²) in [5.74, 6) is -0.350. The first-order valence-corrected chi connectivity index (χ1v) is 4.41. The number of amides is 3. The monoisotopic (exact) mass is 210 g/mol. The Labute approximate surface area is 85.2 Å². The third-order valence-corrected chi connectivity index (χ3v) is 2.19. The number of carbonyl (C=O) groups is 2. The molecule has 1 aliphatic rings. The van der Waals surface area contributed by atoms with Crippen molar-refractivity contribution in [1.82, 2.24) is 10.6 Å². The number of benzene rings is 1. The highest BCUT2D eigenvalue weighted by atomic mass is 35.5. The maximum absolute atomic E-state index is 11.3. The lowest BCUT2D eigenvalue weighted by molar-refractivity contribution is -0.120. The highest BCUT2D eigenvalue weighted by Crippen LogP contribution is 2.19. The van der Waals surface area contributed by atoms with Crippen molar-refractivity contribution in [3.8, 4) is 0 Å². The predicted octanol–water partition coefficient (Wildman–Crippen LogP) is 1.22. The zero-order valence-electron chi connectivity index (χ0n) is 7.08. The van der Waals surface area contributed by atoms with Gasteiger partial charge in [0.05, 0.1) is 0 Å². The van der Waals surface area contributed by atoms with Crippen LogP contribution in [-0.4, -0.2) is 11.9 Å². The molecule has 72 valence electrons. The summed E-state index contributed by atoms with van der Waals surface area (Å²) in [6, 6.07) is 5.73. The fourth-order valence-corrected chi connectivity index (χ4v) is 1.54. The summed E-state index contributed by atoms with van der Waals surface area (Å²) in [4.78, 5) is 22.1. The van der Waals surface area contributed by atoms with Gasteiger partial charge in [-0.25, -0.2) is 4.79 Å². The van der Waals surface area contributed by atoms with Crippen molar-refractivity contribution >= 4 is 23.5 Å². The van der Waals surface area contributed by atoms with Crippen LogP contribution in [0.2, 0.25) is 5.02 Å². The lowest BCUT2D eigenvalue weighted by Gasteiger charge is -2.06. The van der Waals surface area contributed by atoms with E-state index in [0.717, 1.165) is 0 Å². The molecule has 4 nitrogen and oxygen atoms in total. The Kier molecular flexibility index (Phi) is 2.13. The van der Waals surface area contributed by atoms with Gasteiger partial charge in [0.25, 0.3) is 5.91 Å². The number of nitrogens with one attached hydrogen (secondary N) is 2. The molecule has 1 saturated heterocycles. The molecular formula is C9H7ClN2O2. The van der Waals surface area contributed by atoms with Crippen LogP contribution in [0.3, 0.4) is 0 Å². The molecule has 0 unspecified atom stereocenters. The second kappa shape index (κ2) is 3.31. The second-order valence-corrected chi connectivity index (χ2v) is 3.39. The number of urea groups is 1. The van der Waals surface area contributed by atoms with Gasteiger partial charge in [-0.2, -0.15) is 0 Å². The summed E-state index contributed by atoms with van der Waals surface area (Å²) in [6.45, 7) is 0. The quantitative estimate of drug-likeness (QED) is 0.685. The molecule has 5 heteroatoms. The van der Waals surface area contributed by atoms with Crippen molar-refractivity contribution < 1.29 is 9.59 Å². The highest BCUT2D eigenvalue weighted by Gasteiger charge is 2.30. The first kappa shape index (κ1) is 9.02. The lowest BCUT2D eigenvalue weighted by atomic mass is 10.1. The topological polar surface area (TPSA) is 58.2 Å². The highest BCUT2D eigenvalue weighted by molar-refractivity contribution is 6.30. The van der Waals surface area contributed by atoms with Gasteiger partial charge >= 0.3 is 6.03 Å². The molecule has 1 fully saturated rings. The fraction of sp³-hybridized carbons (Fsp3) is 0.111. The molecule has 1 aliphatic heterocycles. The lowest BCUT2D eigenvalue weighted by Crippen LogP contribution is -2.22. The normalized spacial score (nSPS) is 20.5. The molecule has 1 aromatic rings. The third-order valence-electron chi connectivity index (χ3n) is 1.96. The molecule has 1 heterocycles. The second-order valence-electron chi connectivity index (χ2n) is 2.95. The van der Waals surface area contributed by atoms with Crippen molar-refractivity contribution in [2.75, 3.05) is 0 Å². The van der Waals surface area contributed by atoms with Crippen molar-refractivity contribution in [3.05, 3.63) is 34.9 Å². The molecule has 2 N–H and O–H groups in total.